The number of methoxy groups -OCH3 is 1. The minimum absolute atomic E-state index is 0.00167. The fourth-order valence-corrected chi connectivity index (χ4v) is 4.86. The van der Waals surface area contributed by atoms with Gasteiger partial charge in [-0.1, -0.05) is 35.6 Å². The lowest BCUT2D eigenvalue weighted by Gasteiger charge is -2.31. The van der Waals surface area contributed by atoms with Crippen molar-refractivity contribution in [3.63, 3.8) is 0 Å². The van der Waals surface area contributed by atoms with Crippen molar-refractivity contribution >= 4 is 27.6 Å². The monoisotopic (exact) mass is 439 g/mol. The smallest absolute Gasteiger partial charge is 0.317 e. The molecule has 1 aromatic heterocycles. The molecule has 4 rings (SSSR count). The third kappa shape index (κ3) is 5.10. The molecule has 164 valence electrons. The molecule has 7 heteroatoms. The van der Waals surface area contributed by atoms with Gasteiger partial charge in [0.2, 0.25) is 0 Å². The van der Waals surface area contributed by atoms with Crippen LogP contribution in [0.1, 0.15) is 29.5 Å². The minimum atomic E-state index is -0.00167. The van der Waals surface area contributed by atoms with E-state index in [9.17, 15) is 4.79 Å². The molecule has 1 saturated heterocycles. The zero-order valence-electron chi connectivity index (χ0n) is 18.3. The number of benzene rings is 2. The molecule has 31 heavy (non-hydrogen) atoms. The lowest BCUT2D eigenvalue weighted by atomic mass is 10.1. The number of carbonyl (C=O) groups is 1. The van der Waals surface area contributed by atoms with Crippen molar-refractivity contribution in [3.8, 4) is 10.9 Å². The third-order valence-corrected chi connectivity index (χ3v) is 6.85. The van der Waals surface area contributed by atoms with Crippen LogP contribution in [0.2, 0.25) is 0 Å². The summed E-state index contributed by atoms with van der Waals surface area (Å²) in [5, 5.41) is 3.76. The van der Waals surface area contributed by atoms with Crippen molar-refractivity contribution in [2.45, 2.75) is 39.2 Å². The Bertz CT molecular complexity index is 1000. The molecule has 1 fully saturated rings. The van der Waals surface area contributed by atoms with Crippen molar-refractivity contribution in [3.05, 3.63) is 53.1 Å². The van der Waals surface area contributed by atoms with E-state index in [-0.39, 0.29) is 12.1 Å². The van der Waals surface area contributed by atoms with Gasteiger partial charge in [-0.25, -0.2) is 9.78 Å². The van der Waals surface area contributed by atoms with E-state index in [1.807, 2.05) is 29.2 Å². The van der Waals surface area contributed by atoms with Gasteiger partial charge in [0.05, 0.1) is 17.3 Å². The van der Waals surface area contributed by atoms with E-state index in [0.29, 0.717) is 19.6 Å². The number of rotatable bonds is 6. The lowest BCUT2D eigenvalue weighted by molar-refractivity contribution is 0.111. The fraction of sp³-hybridized carbons (Fsp3) is 0.417. The Labute approximate surface area is 187 Å². The molecule has 2 aromatic carbocycles. The first kappa shape index (κ1) is 21.4. The SMILES string of the molecule is COc1ccc(CCNC(=O)N2CCC(Oc3nc4c(C)ccc(C)c4s3)CC2)cc1. The number of aryl methyl sites for hydroxylation is 2. The summed E-state index contributed by atoms with van der Waals surface area (Å²) in [6, 6.07) is 12.2. The molecule has 0 saturated carbocycles. The second-order valence-electron chi connectivity index (χ2n) is 7.99. The first-order valence-corrected chi connectivity index (χ1v) is 11.5. The molecule has 0 bridgehead atoms. The van der Waals surface area contributed by atoms with E-state index in [4.69, 9.17) is 14.5 Å². The summed E-state index contributed by atoms with van der Waals surface area (Å²) in [7, 11) is 1.66. The van der Waals surface area contributed by atoms with E-state index >= 15 is 0 Å². The maximum absolute atomic E-state index is 12.5. The van der Waals surface area contributed by atoms with Gasteiger partial charge >= 0.3 is 6.03 Å². The molecule has 3 aromatic rings. The molecule has 0 spiro atoms. The number of hydrogen-bond acceptors (Lipinski definition) is 5. The first-order valence-electron chi connectivity index (χ1n) is 10.7. The number of urea groups is 1. The number of likely N-dealkylation sites (tertiary alicyclic amines) is 1. The number of thiazole rings is 1. The normalized spacial score (nSPS) is 14.6. The molecule has 0 radical (unpaired) electrons. The van der Waals surface area contributed by atoms with Crippen LogP contribution in [0.15, 0.2) is 36.4 Å². The first-order chi connectivity index (χ1) is 15.0. The summed E-state index contributed by atoms with van der Waals surface area (Å²) in [5.41, 5.74) is 4.62. The molecule has 6 nitrogen and oxygen atoms in total. The van der Waals surface area contributed by atoms with Crippen LogP contribution in [0.5, 0.6) is 10.9 Å². The molecule has 0 atom stereocenters. The highest BCUT2D eigenvalue weighted by atomic mass is 32.1. The Kier molecular flexibility index (Phi) is 6.61. The van der Waals surface area contributed by atoms with Crippen LogP contribution in [-0.2, 0) is 6.42 Å². The number of nitrogens with zero attached hydrogens (tertiary/aromatic N) is 2. The predicted octanol–water partition coefficient (Wildman–Crippen LogP) is 4.72. The second-order valence-corrected chi connectivity index (χ2v) is 8.95. The Morgan fingerprint density at radius 2 is 1.84 bits per heavy atom. The number of carbonyl (C=O) groups excluding carboxylic acids is 1. The van der Waals surface area contributed by atoms with Crippen LogP contribution in [0.25, 0.3) is 10.2 Å². The van der Waals surface area contributed by atoms with Crippen LogP contribution < -0.4 is 14.8 Å². The van der Waals surface area contributed by atoms with Gasteiger partial charge in [0, 0.05) is 32.5 Å². The van der Waals surface area contributed by atoms with E-state index in [0.717, 1.165) is 35.7 Å². The van der Waals surface area contributed by atoms with Gasteiger partial charge in [-0.3, -0.25) is 0 Å². The number of ether oxygens (including phenoxy) is 2. The number of amides is 2. The van der Waals surface area contributed by atoms with Gasteiger partial charge in [-0.2, -0.15) is 0 Å². The summed E-state index contributed by atoms with van der Waals surface area (Å²) in [6.45, 7) is 6.20. The molecule has 0 unspecified atom stereocenters. The van der Waals surface area contributed by atoms with Crippen molar-refractivity contribution < 1.29 is 14.3 Å². The number of hydrogen-bond donors (Lipinski definition) is 1. The van der Waals surface area contributed by atoms with E-state index in [1.54, 1.807) is 18.4 Å². The zero-order chi connectivity index (χ0) is 21.8. The van der Waals surface area contributed by atoms with Crippen molar-refractivity contribution in [2.24, 2.45) is 0 Å². The van der Waals surface area contributed by atoms with Crippen molar-refractivity contribution in [1.82, 2.24) is 15.2 Å². The van der Waals surface area contributed by atoms with Crippen molar-refractivity contribution in [2.75, 3.05) is 26.7 Å². The molecule has 2 amide bonds. The molecule has 0 aliphatic carbocycles. The summed E-state index contributed by atoms with van der Waals surface area (Å²) >= 11 is 1.62. The summed E-state index contributed by atoms with van der Waals surface area (Å²) in [6.07, 6.45) is 2.54. The van der Waals surface area contributed by atoms with Crippen LogP contribution >= 0.6 is 11.3 Å². The molecular formula is C24H29N3O3S. The predicted molar refractivity (Wildman–Crippen MR) is 124 cm³/mol. The Balaban J connectivity index is 1.23. The lowest BCUT2D eigenvalue weighted by Crippen LogP contribution is -2.46. The van der Waals surface area contributed by atoms with E-state index in [2.05, 4.69) is 31.3 Å². The molecule has 2 heterocycles. The summed E-state index contributed by atoms with van der Waals surface area (Å²) < 4.78 is 12.5. The molecular weight excluding hydrogens is 410 g/mol. The third-order valence-electron chi connectivity index (χ3n) is 5.77. The van der Waals surface area contributed by atoms with Gasteiger partial charge in [-0.05, 0) is 49.1 Å². The fourth-order valence-electron chi connectivity index (χ4n) is 3.83. The standard InChI is InChI=1S/C24H29N3O3S/c1-16-4-5-17(2)22-21(16)26-24(31-22)30-20-11-14-27(15-12-20)23(28)25-13-10-18-6-8-19(29-3)9-7-18/h4-9,20H,10-15H2,1-3H3,(H,25,28). The largest absolute Gasteiger partial charge is 0.497 e. The van der Waals surface area contributed by atoms with Gasteiger partial charge in [0.15, 0.2) is 0 Å². The average Bonchev–Trinajstić information content (AvgIpc) is 3.22. The number of aromatic nitrogens is 1. The zero-order valence-corrected chi connectivity index (χ0v) is 19.1. The van der Waals surface area contributed by atoms with Gasteiger partial charge in [-0.15, -0.1) is 0 Å². The van der Waals surface area contributed by atoms with Gasteiger partial charge in [0.1, 0.15) is 11.9 Å². The van der Waals surface area contributed by atoms with E-state index in [1.165, 1.54) is 21.4 Å². The topological polar surface area (TPSA) is 63.7 Å². The Morgan fingerprint density at radius 1 is 1.13 bits per heavy atom. The molecule has 1 aliphatic heterocycles. The van der Waals surface area contributed by atoms with Crippen LogP contribution in [-0.4, -0.2) is 48.8 Å². The number of piperidine rings is 1. The Hall–Kier alpha value is -2.80. The maximum atomic E-state index is 12.5. The second kappa shape index (κ2) is 9.56. The minimum Gasteiger partial charge on any atom is -0.497 e. The maximum Gasteiger partial charge on any atom is 0.317 e. The highest BCUT2D eigenvalue weighted by Crippen LogP contribution is 2.33. The highest BCUT2D eigenvalue weighted by molar-refractivity contribution is 7.20. The van der Waals surface area contributed by atoms with Crippen LogP contribution in [0.3, 0.4) is 0 Å². The summed E-state index contributed by atoms with van der Waals surface area (Å²) in [4.78, 5) is 19.1. The average molecular weight is 440 g/mol. The quantitative estimate of drug-likeness (QED) is 0.604. The van der Waals surface area contributed by atoms with Gasteiger partial charge in [0.25, 0.3) is 5.19 Å². The van der Waals surface area contributed by atoms with Gasteiger partial charge < -0.3 is 19.7 Å². The van der Waals surface area contributed by atoms with Crippen molar-refractivity contribution in [1.29, 1.82) is 0 Å². The number of fused-ring (bicyclic) bond motifs is 1. The summed E-state index contributed by atoms with van der Waals surface area (Å²) in [5.74, 6) is 0.842. The number of nitrogens with one attached hydrogen (secondary N) is 1. The molecule has 1 N–H and O–H groups in total. The van der Waals surface area contributed by atoms with Crippen LogP contribution in [0.4, 0.5) is 4.79 Å². The molecule has 1 aliphatic rings. The van der Waals surface area contributed by atoms with Crippen LogP contribution in [0, 0.1) is 13.8 Å². The highest BCUT2D eigenvalue weighted by Gasteiger charge is 2.24. The Morgan fingerprint density at radius 3 is 2.52 bits per heavy atom. The van der Waals surface area contributed by atoms with E-state index < -0.39 is 0 Å².